The minimum Gasteiger partial charge on any atom is -0.496 e. The van der Waals surface area contributed by atoms with Crippen molar-refractivity contribution in [3.05, 3.63) is 101 Å². The number of methoxy groups -OCH3 is 1. The molecule has 244 valence electrons. The second kappa shape index (κ2) is 14.4. The zero-order chi connectivity index (χ0) is 33.1. The average molecular weight is 659 g/mol. The lowest BCUT2D eigenvalue weighted by atomic mass is 10.00. The van der Waals surface area contributed by atoms with Crippen LogP contribution in [0, 0.1) is 0 Å². The Labute approximate surface area is 277 Å². The van der Waals surface area contributed by atoms with Gasteiger partial charge in [0.15, 0.2) is 5.78 Å². The minimum absolute atomic E-state index is 0. The molecule has 3 amide bonds. The van der Waals surface area contributed by atoms with E-state index in [-0.39, 0.29) is 36.8 Å². The van der Waals surface area contributed by atoms with Crippen molar-refractivity contribution in [1.82, 2.24) is 10.6 Å². The number of aromatic carboxylic acids is 1. The summed E-state index contributed by atoms with van der Waals surface area (Å²) in [6.45, 7) is 2.94. The first kappa shape index (κ1) is 34.6. The van der Waals surface area contributed by atoms with Crippen molar-refractivity contribution in [2.75, 3.05) is 30.5 Å². The molecule has 11 nitrogen and oxygen atoms in total. The lowest BCUT2D eigenvalue weighted by molar-refractivity contribution is -0.128. The summed E-state index contributed by atoms with van der Waals surface area (Å²) in [5, 5.41) is 16.6. The van der Waals surface area contributed by atoms with Crippen LogP contribution in [0.4, 0.5) is 11.4 Å². The molecule has 1 aliphatic rings. The molecule has 0 saturated heterocycles. The Bertz CT molecular complexity index is 1860. The number of hydrogen-bond acceptors (Lipinski definition) is 7. The monoisotopic (exact) mass is 658 g/mol. The van der Waals surface area contributed by atoms with Crippen molar-refractivity contribution in [3.8, 4) is 5.75 Å². The van der Waals surface area contributed by atoms with E-state index < -0.39 is 35.8 Å². The van der Waals surface area contributed by atoms with Crippen LogP contribution in [0.25, 0.3) is 10.8 Å². The quantitative estimate of drug-likeness (QED) is 0.224. The predicted octanol–water partition coefficient (Wildman–Crippen LogP) is 4.46. The topological polar surface area (TPSA) is 145 Å². The van der Waals surface area contributed by atoms with E-state index in [0.717, 1.165) is 0 Å². The van der Waals surface area contributed by atoms with Gasteiger partial charge in [0.1, 0.15) is 11.8 Å². The molecule has 0 spiro atoms. The molecule has 47 heavy (non-hydrogen) atoms. The number of ketones is 1. The van der Waals surface area contributed by atoms with Crippen molar-refractivity contribution in [3.63, 3.8) is 0 Å². The van der Waals surface area contributed by atoms with Crippen LogP contribution in [0.3, 0.4) is 0 Å². The number of carbonyl (C=O) groups excluding carboxylic acids is 4. The summed E-state index contributed by atoms with van der Waals surface area (Å²) in [5.74, 6) is -2.01. The fourth-order valence-electron chi connectivity index (χ4n) is 5.50. The van der Waals surface area contributed by atoms with E-state index in [0.29, 0.717) is 44.6 Å². The van der Waals surface area contributed by atoms with Crippen LogP contribution < -0.4 is 25.2 Å². The Morgan fingerprint density at radius 1 is 0.936 bits per heavy atom. The smallest absolute Gasteiger partial charge is 0.335 e. The third kappa shape index (κ3) is 6.96. The highest BCUT2D eigenvalue weighted by Gasteiger charge is 2.38. The number of amides is 3. The SMILES string of the molecule is CN[C@@H](C)C(=O)N[C@H]1CN(C(=O)c2ccc(C(C)=O)cc2)c2ccccc2N(Cc2c(OC)ccc3cc(C(=O)O)ccc23)C1=O.Cl. The Hall–Kier alpha value is -5.26. The second-order valence-electron chi connectivity index (χ2n) is 11.0. The normalized spacial score (nSPS) is 14.8. The van der Waals surface area contributed by atoms with Gasteiger partial charge in [0.25, 0.3) is 11.8 Å². The molecule has 0 fully saturated rings. The van der Waals surface area contributed by atoms with Gasteiger partial charge in [-0.3, -0.25) is 19.2 Å². The number of Topliss-reactive ketones (excluding diaryl/α,β-unsaturated/α-hetero) is 1. The Morgan fingerprint density at radius 2 is 1.57 bits per heavy atom. The number of carboxylic acid groups (broad SMARTS) is 1. The first-order valence-corrected chi connectivity index (χ1v) is 14.7. The molecule has 4 aromatic carbocycles. The Morgan fingerprint density at radius 3 is 2.19 bits per heavy atom. The van der Waals surface area contributed by atoms with Crippen molar-refractivity contribution in [1.29, 1.82) is 0 Å². The summed E-state index contributed by atoms with van der Waals surface area (Å²) in [5.41, 5.74) is 2.38. The van der Waals surface area contributed by atoms with Gasteiger partial charge in [0, 0.05) is 16.7 Å². The molecule has 5 rings (SSSR count). The fraction of sp³-hybridized carbons (Fsp3) is 0.229. The van der Waals surface area contributed by atoms with Gasteiger partial charge in [0.2, 0.25) is 5.91 Å². The van der Waals surface area contributed by atoms with Crippen LogP contribution in [-0.2, 0) is 16.1 Å². The van der Waals surface area contributed by atoms with Crippen LogP contribution in [-0.4, -0.2) is 67.4 Å². The van der Waals surface area contributed by atoms with Crippen molar-refractivity contribution in [2.45, 2.75) is 32.5 Å². The van der Waals surface area contributed by atoms with Crippen LogP contribution in [0.5, 0.6) is 5.75 Å². The molecule has 0 saturated carbocycles. The summed E-state index contributed by atoms with van der Waals surface area (Å²) < 4.78 is 5.69. The molecule has 1 aliphatic heterocycles. The molecule has 2 atom stereocenters. The summed E-state index contributed by atoms with van der Waals surface area (Å²) in [6.07, 6.45) is 0. The Kier molecular flexibility index (Phi) is 10.6. The van der Waals surface area contributed by atoms with E-state index in [2.05, 4.69) is 10.6 Å². The van der Waals surface area contributed by atoms with Crippen molar-refractivity contribution >= 4 is 64.0 Å². The van der Waals surface area contributed by atoms with Crippen LogP contribution in [0.2, 0.25) is 0 Å². The van der Waals surface area contributed by atoms with E-state index in [1.54, 1.807) is 86.8 Å². The summed E-state index contributed by atoms with van der Waals surface area (Å²) in [4.78, 5) is 68.1. The number of ether oxygens (including phenoxy) is 1. The number of hydrogen-bond donors (Lipinski definition) is 3. The highest BCUT2D eigenvalue weighted by atomic mass is 35.5. The van der Waals surface area contributed by atoms with Crippen LogP contribution >= 0.6 is 12.4 Å². The van der Waals surface area contributed by atoms with E-state index in [1.165, 1.54) is 29.9 Å². The molecule has 0 unspecified atom stereocenters. The van der Waals surface area contributed by atoms with Gasteiger partial charge >= 0.3 is 5.97 Å². The first-order chi connectivity index (χ1) is 22.0. The number of halogens is 1. The molecule has 12 heteroatoms. The highest BCUT2D eigenvalue weighted by molar-refractivity contribution is 6.13. The van der Waals surface area contributed by atoms with E-state index >= 15 is 0 Å². The molecular weight excluding hydrogens is 624 g/mol. The average Bonchev–Trinajstić information content (AvgIpc) is 3.18. The Balaban J connectivity index is 0.00000500. The fourth-order valence-corrected chi connectivity index (χ4v) is 5.50. The number of fused-ring (bicyclic) bond motifs is 2. The third-order valence-corrected chi connectivity index (χ3v) is 8.19. The maximum Gasteiger partial charge on any atom is 0.335 e. The van der Waals surface area contributed by atoms with Gasteiger partial charge in [-0.25, -0.2) is 4.79 Å². The standard InChI is InChI=1S/C35H34N4O7.ClH/c1-20(36-3)32(41)37-28-19-39(33(42)23-11-9-22(10-12-23)21(2)40)30-8-6-5-7-29(30)38(34(28)43)18-27-26-15-13-25(35(44)45)17-24(26)14-16-31(27)46-4;/h5-17,20,28,36H,18-19H2,1-4H3,(H,37,41)(H,44,45);1H/t20-,28-;/m0./s1. The number of nitrogens with zero attached hydrogens (tertiary/aromatic N) is 2. The zero-order valence-electron chi connectivity index (χ0n) is 26.3. The second-order valence-corrected chi connectivity index (χ2v) is 11.0. The number of anilines is 2. The summed E-state index contributed by atoms with van der Waals surface area (Å²) in [7, 11) is 3.14. The molecule has 3 N–H and O–H groups in total. The third-order valence-electron chi connectivity index (χ3n) is 8.19. The van der Waals surface area contributed by atoms with Crippen LogP contribution in [0.1, 0.15) is 50.5 Å². The lowest BCUT2D eigenvalue weighted by Gasteiger charge is -2.27. The maximum atomic E-state index is 14.5. The molecule has 0 radical (unpaired) electrons. The van der Waals surface area contributed by atoms with Gasteiger partial charge in [-0.05, 0) is 74.1 Å². The predicted molar refractivity (Wildman–Crippen MR) is 181 cm³/mol. The van der Waals surface area contributed by atoms with E-state index in [4.69, 9.17) is 4.74 Å². The van der Waals surface area contributed by atoms with Crippen molar-refractivity contribution in [2.24, 2.45) is 0 Å². The van der Waals surface area contributed by atoms with Gasteiger partial charge in [-0.1, -0.05) is 36.4 Å². The number of likely N-dealkylation sites (N-methyl/N-ethyl adjacent to an activating group) is 1. The number of carboxylic acids is 1. The largest absolute Gasteiger partial charge is 0.496 e. The number of benzene rings is 4. The van der Waals surface area contributed by atoms with E-state index in [1.807, 2.05) is 0 Å². The van der Waals surface area contributed by atoms with Gasteiger partial charge in [-0.15, -0.1) is 12.4 Å². The number of rotatable bonds is 9. The van der Waals surface area contributed by atoms with Gasteiger partial charge < -0.3 is 30.3 Å². The zero-order valence-corrected chi connectivity index (χ0v) is 27.1. The summed E-state index contributed by atoms with van der Waals surface area (Å²) >= 11 is 0. The van der Waals surface area contributed by atoms with E-state index in [9.17, 15) is 29.1 Å². The molecule has 0 aliphatic carbocycles. The molecule has 0 bridgehead atoms. The number of carbonyl (C=O) groups is 5. The summed E-state index contributed by atoms with van der Waals surface area (Å²) in [6, 6.07) is 19.7. The number of para-hydroxylation sites is 2. The lowest BCUT2D eigenvalue weighted by Crippen LogP contribution is -2.55. The molecule has 0 aromatic heterocycles. The first-order valence-electron chi connectivity index (χ1n) is 14.7. The minimum atomic E-state index is -1.13. The molecular formula is C35H35ClN4O7. The molecule has 4 aromatic rings. The van der Waals surface area contributed by atoms with Crippen molar-refractivity contribution < 1.29 is 33.8 Å². The van der Waals surface area contributed by atoms with Crippen LogP contribution in [0.15, 0.2) is 78.9 Å². The molecule has 1 heterocycles. The van der Waals surface area contributed by atoms with Gasteiger partial charge in [0.05, 0.1) is 43.2 Å². The number of nitrogens with one attached hydrogen (secondary N) is 2. The van der Waals surface area contributed by atoms with Gasteiger partial charge in [-0.2, -0.15) is 0 Å². The maximum absolute atomic E-state index is 14.5. The highest BCUT2D eigenvalue weighted by Crippen LogP contribution is 2.38.